The summed E-state index contributed by atoms with van der Waals surface area (Å²) in [5.74, 6) is -1.26. The van der Waals surface area contributed by atoms with Gasteiger partial charge in [-0.05, 0) is 73.7 Å². The van der Waals surface area contributed by atoms with Crippen LogP contribution in [0.25, 0.3) is 10.9 Å². The Hall–Kier alpha value is -3.84. The maximum Gasteiger partial charge on any atom is 0.336 e. The minimum Gasteiger partial charge on any atom is -0.478 e. The lowest BCUT2D eigenvalue weighted by Crippen LogP contribution is -2.18. The highest BCUT2D eigenvalue weighted by molar-refractivity contribution is 8.00. The van der Waals surface area contributed by atoms with Gasteiger partial charge >= 0.3 is 5.97 Å². The summed E-state index contributed by atoms with van der Waals surface area (Å²) in [6, 6.07) is 21.4. The van der Waals surface area contributed by atoms with E-state index in [-0.39, 0.29) is 17.0 Å². The molecule has 6 nitrogen and oxygen atoms in total. The number of rotatable bonds is 6. The number of amides is 1. The van der Waals surface area contributed by atoms with Crippen LogP contribution in [0.15, 0.2) is 77.7 Å². The highest BCUT2D eigenvalue weighted by Crippen LogP contribution is 2.33. The van der Waals surface area contributed by atoms with E-state index in [1.54, 1.807) is 24.3 Å². The minimum absolute atomic E-state index is 0.0459. The quantitative estimate of drug-likeness (QED) is 0.333. The molecule has 0 atom stereocenters. The molecule has 0 bridgehead atoms. The van der Waals surface area contributed by atoms with E-state index in [2.05, 4.69) is 11.4 Å². The molecule has 1 amide bonds. The van der Waals surface area contributed by atoms with Gasteiger partial charge in [0.2, 0.25) is 5.91 Å². The third-order valence-electron chi connectivity index (χ3n) is 6.30. The average Bonchev–Trinajstić information content (AvgIpc) is 3.22. The van der Waals surface area contributed by atoms with Crippen LogP contribution in [0.4, 0.5) is 5.69 Å². The molecule has 2 N–H and O–H groups in total. The normalized spacial score (nSPS) is 12.8. The van der Waals surface area contributed by atoms with E-state index in [1.807, 2.05) is 34.9 Å². The lowest BCUT2D eigenvalue weighted by Gasteiger charge is -2.15. The first-order valence-corrected chi connectivity index (χ1v) is 12.5. The molecule has 1 aliphatic rings. The number of hydrogen-bond acceptors (Lipinski definition) is 4. The van der Waals surface area contributed by atoms with Crippen molar-refractivity contribution in [2.45, 2.75) is 30.6 Å². The molecule has 1 heterocycles. The van der Waals surface area contributed by atoms with Gasteiger partial charge in [-0.25, -0.2) is 4.79 Å². The second-order valence-corrected chi connectivity index (χ2v) is 9.55. The molecular formula is C28H24N2O4S. The number of hydrogen-bond donors (Lipinski definition) is 2. The van der Waals surface area contributed by atoms with E-state index >= 15 is 0 Å². The first-order chi connectivity index (χ1) is 17.0. The third-order valence-corrected chi connectivity index (χ3v) is 7.30. The molecule has 0 aliphatic heterocycles. The Kier molecular flexibility index (Phi) is 6.42. The van der Waals surface area contributed by atoms with Crippen molar-refractivity contribution in [1.29, 1.82) is 0 Å². The standard InChI is InChI=1S/C28H24N2O4S/c31-26(30-24-11-5-3-7-20(24)21-8-4-6-12-25(21)30)17-35-19-15-13-18(14-16-19)29-27(32)22-9-1-2-10-23(22)28(33)34/h1-3,5,7,9-11,13-16H,4,6,8,12,17H2,(H,29,32)(H,33,34). The van der Waals surface area contributed by atoms with Crippen molar-refractivity contribution in [1.82, 2.24) is 4.57 Å². The number of para-hydroxylation sites is 1. The van der Waals surface area contributed by atoms with E-state index in [0.29, 0.717) is 11.4 Å². The van der Waals surface area contributed by atoms with E-state index in [1.165, 1.54) is 34.8 Å². The predicted molar refractivity (Wildman–Crippen MR) is 138 cm³/mol. The van der Waals surface area contributed by atoms with Crippen LogP contribution in [0.1, 0.15) is 49.6 Å². The first kappa shape index (κ1) is 22.9. The summed E-state index contributed by atoms with van der Waals surface area (Å²) in [5.41, 5.74) is 4.07. The van der Waals surface area contributed by atoms with Gasteiger partial charge in [0.1, 0.15) is 0 Å². The zero-order chi connectivity index (χ0) is 24.4. The van der Waals surface area contributed by atoms with Gasteiger partial charge in [0.15, 0.2) is 0 Å². The topological polar surface area (TPSA) is 88.4 Å². The van der Waals surface area contributed by atoms with Gasteiger partial charge in [-0.3, -0.25) is 14.2 Å². The number of carboxylic acid groups (broad SMARTS) is 1. The fraction of sp³-hybridized carbons (Fsp3) is 0.179. The summed E-state index contributed by atoms with van der Waals surface area (Å²) in [7, 11) is 0. The van der Waals surface area contributed by atoms with Crippen LogP contribution < -0.4 is 5.32 Å². The molecule has 0 saturated heterocycles. The molecule has 0 saturated carbocycles. The highest BCUT2D eigenvalue weighted by Gasteiger charge is 2.23. The molecule has 35 heavy (non-hydrogen) atoms. The predicted octanol–water partition coefficient (Wildman–Crippen LogP) is 5.90. The number of carbonyl (C=O) groups excluding carboxylic acids is 2. The van der Waals surface area contributed by atoms with E-state index < -0.39 is 11.9 Å². The molecule has 7 heteroatoms. The van der Waals surface area contributed by atoms with Crippen LogP contribution in [-0.4, -0.2) is 33.2 Å². The fourth-order valence-corrected chi connectivity index (χ4v) is 5.44. The number of carbonyl (C=O) groups is 3. The number of aromatic carboxylic acids is 1. The summed E-state index contributed by atoms with van der Waals surface area (Å²) >= 11 is 1.46. The molecule has 5 rings (SSSR count). The minimum atomic E-state index is -1.15. The molecule has 3 aromatic carbocycles. The van der Waals surface area contributed by atoms with Gasteiger partial charge in [-0.1, -0.05) is 30.3 Å². The van der Waals surface area contributed by atoms with Crippen molar-refractivity contribution >= 4 is 46.1 Å². The van der Waals surface area contributed by atoms with Gasteiger partial charge < -0.3 is 10.4 Å². The second-order valence-electron chi connectivity index (χ2n) is 8.50. The lowest BCUT2D eigenvalue weighted by atomic mass is 9.96. The lowest BCUT2D eigenvalue weighted by molar-refractivity contribution is 0.0692. The molecule has 0 fully saturated rings. The second kappa shape index (κ2) is 9.80. The van der Waals surface area contributed by atoms with Crippen LogP contribution in [0.5, 0.6) is 0 Å². The van der Waals surface area contributed by atoms with E-state index in [0.717, 1.165) is 41.8 Å². The summed E-state index contributed by atoms with van der Waals surface area (Å²) in [4.78, 5) is 38.1. The Morgan fingerprint density at radius 3 is 2.31 bits per heavy atom. The molecule has 0 radical (unpaired) electrons. The van der Waals surface area contributed by atoms with Crippen molar-refractivity contribution in [2.24, 2.45) is 0 Å². The number of carboxylic acids is 1. The number of anilines is 1. The number of nitrogens with zero attached hydrogens (tertiary/aromatic N) is 1. The Bertz CT molecular complexity index is 1440. The average molecular weight is 485 g/mol. The maximum atomic E-state index is 13.3. The molecule has 4 aromatic rings. The zero-order valence-electron chi connectivity index (χ0n) is 19.0. The van der Waals surface area contributed by atoms with Crippen molar-refractivity contribution in [3.8, 4) is 0 Å². The zero-order valence-corrected chi connectivity index (χ0v) is 19.8. The van der Waals surface area contributed by atoms with Gasteiger partial charge in [-0.15, -0.1) is 11.8 Å². The van der Waals surface area contributed by atoms with E-state index in [9.17, 15) is 19.5 Å². The summed E-state index contributed by atoms with van der Waals surface area (Å²) < 4.78 is 1.91. The highest BCUT2D eigenvalue weighted by atomic mass is 32.2. The number of aryl methyl sites for hydroxylation is 1. The molecule has 0 spiro atoms. The van der Waals surface area contributed by atoms with Gasteiger partial charge in [0, 0.05) is 21.7 Å². The Balaban J connectivity index is 1.27. The van der Waals surface area contributed by atoms with Crippen molar-refractivity contribution in [2.75, 3.05) is 11.1 Å². The largest absolute Gasteiger partial charge is 0.478 e. The Morgan fingerprint density at radius 1 is 0.857 bits per heavy atom. The van der Waals surface area contributed by atoms with Crippen molar-refractivity contribution in [3.05, 3.63) is 95.2 Å². The fourth-order valence-electron chi connectivity index (χ4n) is 4.69. The number of benzene rings is 3. The number of fused-ring (bicyclic) bond motifs is 3. The Labute approximate surface area is 207 Å². The molecule has 0 unspecified atom stereocenters. The van der Waals surface area contributed by atoms with Crippen LogP contribution >= 0.6 is 11.8 Å². The SMILES string of the molecule is O=C(O)c1ccccc1C(=O)Nc1ccc(SCC(=O)n2c3c(c4ccccc42)CCCC3)cc1. The number of aromatic nitrogens is 1. The monoisotopic (exact) mass is 484 g/mol. The van der Waals surface area contributed by atoms with E-state index in [4.69, 9.17) is 0 Å². The van der Waals surface area contributed by atoms with Crippen LogP contribution in [0.2, 0.25) is 0 Å². The third kappa shape index (κ3) is 4.59. The van der Waals surface area contributed by atoms with Crippen LogP contribution in [-0.2, 0) is 12.8 Å². The van der Waals surface area contributed by atoms with Gasteiger partial charge in [-0.2, -0.15) is 0 Å². The molecule has 176 valence electrons. The number of thioether (sulfide) groups is 1. The maximum absolute atomic E-state index is 13.3. The first-order valence-electron chi connectivity index (χ1n) is 11.5. The summed E-state index contributed by atoms with van der Waals surface area (Å²) in [6.45, 7) is 0. The van der Waals surface area contributed by atoms with Gasteiger partial charge in [0.05, 0.1) is 22.4 Å². The molecule has 1 aliphatic carbocycles. The molecule has 1 aromatic heterocycles. The summed E-state index contributed by atoms with van der Waals surface area (Å²) in [5, 5.41) is 13.2. The van der Waals surface area contributed by atoms with Crippen molar-refractivity contribution < 1.29 is 19.5 Å². The van der Waals surface area contributed by atoms with Gasteiger partial charge in [0.25, 0.3) is 5.91 Å². The smallest absolute Gasteiger partial charge is 0.336 e. The molecular weight excluding hydrogens is 460 g/mol. The number of nitrogens with one attached hydrogen (secondary N) is 1. The van der Waals surface area contributed by atoms with Crippen LogP contribution in [0.3, 0.4) is 0 Å². The van der Waals surface area contributed by atoms with Crippen molar-refractivity contribution in [3.63, 3.8) is 0 Å². The Morgan fingerprint density at radius 2 is 1.54 bits per heavy atom. The summed E-state index contributed by atoms with van der Waals surface area (Å²) in [6.07, 6.45) is 4.22. The van der Waals surface area contributed by atoms with Crippen LogP contribution in [0, 0.1) is 0 Å².